The zero-order valence-corrected chi connectivity index (χ0v) is 9.34. The first-order chi connectivity index (χ1) is 8.70. The number of aliphatic hydroxyl groups excluding tert-OH is 2. The van der Waals surface area contributed by atoms with E-state index in [9.17, 15) is 10.2 Å². The zero-order chi connectivity index (χ0) is 12.7. The maximum absolute atomic E-state index is 9.68. The largest absolute Gasteiger partial charge is 0.492 e. The number of fused-ring (bicyclic) bond motifs is 1. The van der Waals surface area contributed by atoms with Gasteiger partial charge < -0.3 is 20.1 Å². The number of ether oxygens (including phenoxy) is 1. The lowest BCUT2D eigenvalue weighted by Crippen LogP contribution is -2.24. The highest BCUT2D eigenvalue weighted by molar-refractivity contribution is 5.75. The smallest absolute Gasteiger partial charge is 0.242 e. The number of rotatable bonds is 2. The molecule has 1 fully saturated rings. The van der Waals surface area contributed by atoms with E-state index in [0.29, 0.717) is 12.1 Å². The van der Waals surface area contributed by atoms with Gasteiger partial charge in [0, 0.05) is 6.42 Å². The monoisotopic (exact) mass is 252 g/mol. The summed E-state index contributed by atoms with van der Waals surface area (Å²) in [7, 11) is 0. The fraction of sp³-hybridized carbons (Fsp3) is 0.500. The molecule has 8 heteroatoms. The van der Waals surface area contributed by atoms with Gasteiger partial charge in [-0.15, -0.1) is 0 Å². The van der Waals surface area contributed by atoms with E-state index in [2.05, 4.69) is 15.0 Å². The van der Waals surface area contributed by atoms with Crippen molar-refractivity contribution in [3.05, 3.63) is 12.7 Å². The highest BCUT2D eigenvalue weighted by Crippen LogP contribution is 2.31. The third-order valence-electron chi connectivity index (χ3n) is 3.03. The van der Waals surface area contributed by atoms with E-state index in [1.165, 1.54) is 12.7 Å². The van der Waals surface area contributed by atoms with Crippen molar-refractivity contribution in [1.82, 2.24) is 19.5 Å². The van der Waals surface area contributed by atoms with E-state index in [1.54, 1.807) is 4.57 Å². The van der Waals surface area contributed by atoms with Crippen LogP contribution >= 0.6 is 0 Å². The minimum Gasteiger partial charge on any atom is -0.492 e. The Hall–Kier alpha value is -1.77. The lowest BCUT2D eigenvalue weighted by atomic mass is 10.2. The number of aromatic hydroxyl groups is 1. The molecule has 2 aromatic heterocycles. The molecule has 0 amide bonds. The van der Waals surface area contributed by atoms with Gasteiger partial charge in [-0.2, -0.15) is 4.98 Å². The Morgan fingerprint density at radius 1 is 1.39 bits per heavy atom. The summed E-state index contributed by atoms with van der Waals surface area (Å²) in [6, 6.07) is 0. The molecule has 2 aromatic rings. The van der Waals surface area contributed by atoms with Crippen LogP contribution in [0.4, 0.5) is 0 Å². The predicted molar refractivity (Wildman–Crippen MR) is 58.6 cm³/mol. The molecule has 3 atom stereocenters. The summed E-state index contributed by atoms with van der Waals surface area (Å²) < 4.78 is 7.10. The first-order valence-corrected chi connectivity index (χ1v) is 5.51. The van der Waals surface area contributed by atoms with Crippen LogP contribution in [0.2, 0.25) is 0 Å². The van der Waals surface area contributed by atoms with Crippen LogP contribution in [0.3, 0.4) is 0 Å². The molecular formula is C10H12N4O4. The number of hydrogen-bond acceptors (Lipinski definition) is 7. The van der Waals surface area contributed by atoms with Crippen molar-refractivity contribution in [2.45, 2.75) is 24.9 Å². The molecule has 3 heterocycles. The highest BCUT2D eigenvalue weighted by Gasteiger charge is 2.35. The standard InChI is InChI=1S/C10H12N4O4/c15-2-6-5(16)1-7(18-6)14-4-13-8-9(14)11-3-12-10(8)17/h3-7,15-16H,1-2H2,(H,11,12,17)/t5-,6+,7-/m1/s1. The van der Waals surface area contributed by atoms with Crippen molar-refractivity contribution in [2.75, 3.05) is 6.61 Å². The molecule has 8 nitrogen and oxygen atoms in total. The Balaban J connectivity index is 1.99. The van der Waals surface area contributed by atoms with E-state index >= 15 is 0 Å². The van der Waals surface area contributed by atoms with E-state index < -0.39 is 18.4 Å². The van der Waals surface area contributed by atoms with Crippen LogP contribution in [0.25, 0.3) is 11.2 Å². The van der Waals surface area contributed by atoms with Crippen molar-refractivity contribution in [3.63, 3.8) is 0 Å². The van der Waals surface area contributed by atoms with Crippen molar-refractivity contribution < 1.29 is 20.1 Å². The number of hydrogen-bond donors (Lipinski definition) is 3. The SMILES string of the molecule is OC[C@@H]1O[C@@H](n2cnc3c(O)ncnc32)C[C@H]1O. The van der Waals surface area contributed by atoms with Crippen LogP contribution in [0.5, 0.6) is 5.88 Å². The normalized spacial score (nSPS) is 28.0. The summed E-state index contributed by atoms with van der Waals surface area (Å²) in [5.41, 5.74) is 0.710. The molecule has 1 aliphatic rings. The summed E-state index contributed by atoms with van der Waals surface area (Å²) in [4.78, 5) is 11.7. The van der Waals surface area contributed by atoms with Gasteiger partial charge in [0.1, 0.15) is 18.7 Å². The Morgan fingerprint density at radius 2 is 2.22 bits per heavy atom. The van der Waals surface area contributed by atoms with E-state index in [0.717, 1.165) is 0 Å². The number of aromatic nitrogens is 4. The molecular weight excluding hydrogens is 240 g/mol. The van der Waals surface area contributed by atoms with Gasteiger partial charge in [0.15, 0.2) is 11.2 Å². The van der Waals surface area contributed by atoms with Gasteiger partial charge in [-0.25, -0.2) is 9.97 Å². The Morgan fingerprint density at radius 3 is 2.94 bits per heavy atom. The fourth-order valence-electron chi connectivity index (χ4n) is 2.10. The van der Waals surface area contributed by atoms with Gasteiger partial charge in [0.2, 0.25) is 5.88 Å². The maximum atomic E-state index is 9.68. The predicted octanol–water partition coefficient (Wildman–Crippen LogP) is -0.827. The molecule has 96 valence electrons. The first kappa shape index (κ1) is 11.3. The average molecular weight is 252 g/mol. The molecule has 0 radical (unpaired) electrons. The van der Waals surface area contributed by atoms with E-state index in [-0.39, 0.29) is 18.0 Å². The van der Waals surface area contributed by atoms with Gasteiger partial charge >= 0.3 is 0 Å². The van der Waals surface area contributed by atoms with Gasteiger partial charge in [0.25, 0.3) is 0 Å². The molecule has 1 saturated heterocycles. The third kappa shape index (κ3) is 1.62. The second-order valence-electron chi connectivity index (χ2n) is 4.14. The molecule has 1 aliphatic heterocycles. The van der Waals surface area contributed by atoms with E-state index in [4.69, 9.17) is 9.84 Å². The molecule has 0 aromatic carbocycles. The van der Waals surface area contributed by atoms with E-state index in [1.807, 2.05) is 0 Å². The summed E-state index contributed by atoms with van der Waals surface area (Å²) in [5.74, 6) is -0.198. The molecule has 0 spiro atoms. The molecule has 0 aliphatic carbocycles. The van der Waals surface area contributed by atoms with Gasteiger partial charge in [-0.3, -0.25) is 4.57 Å². The number of nitrogens with zero attached hydrogens (tertiary/aromatic N) is 4. The minimum atomic E-state index is -0.729. The minimum absolute atomic E-state index is 0.198. The molecule has 0 bridgehead atoms. The Labute approximate surface area is 102 Å². The second kappa shape index (κ2) is 4.16. The van der Waals surface area contributed by atoms with Crippen molar-refractivity contribution >= 4 is 11.2 Å². The van der Waals surface area contributed by atoms with Crippen LogP contribution in [0.1, 0.15) is 12.6 Å². The summed E-state index contributed by atoms with van der Waals surface area (Å²) in [6.45, 7) is -0.246. The summed E-state index contributed by atoms with van der Waals surface area (Å²) >= 11 is 0. The van der Waals surface area contributed by atoms with Crippen LogP contribution in [0, 0.1) is 0 Å². The molecule has 3 rings (SSSR count). The fourth-order valence-corrected chi connectivity index (χ4v) is 2.10. The van der Waals surface area contributed by atoms with Crippen LogP contribution in [0.15, 0.2) is 12.7 Å². The third-order valence-corrected chi connectivity index (χ3v) is 3.03. The quantitative estimate of drug-likeness (QED) is 0.639. The lowest BCUT2D eigenvalue weighted by molar-refractivity contribution is -0.0432. The first-order valence-electron chi connectivity index (χ1n) is 5.51. The number of imidazole rings is 1. The molecule has 18 heavy (non-hydrogen) atoms. The average Bonchev–Trinajstić information content (AvgIpc) is 2.93. The number of aliphatic hydroxyl groups is 2. The van der Waals surface area contributed by atoms with Crippen molar-refractivity contribution in [2.24, 2.45) is 0 Å². The van der Waals surface area contributed by atoms with Crippen molar-refractivity contribution in [3.8, 4) is 5.88 Å². The Bertz CT molecular complexity index is 572. The highest BCUT2D eigenvalue weighted by atomic mass is 16.5. The Kier molecular flexibility index (Phi) is 2.62. The summed E-state index contributed by atoms with van der Waals surface area (Å²) in [5, 5.41) is 28.2. The van der Waals surface area contributed by atoms with Gasteiger partial charge in [-0.1, -0.05) is 0 Å². The molecule has 0 unspecified atom stereocenters. The summed E-state index contributed by atoms with van der Waals surface area (Å²) in [6.07, 6.45) is 1.23. The maximum Gasteiger partial charge on any atom is 0.242 e. The molecule has 3 N–H and O–H groups in total. The van der Waals surface area contributed by atoms with Gasteiger partial charge in [-0.05, 0) is 0 Å². The molecule has 0 saturated carbocycles. The lowest BCUT2D eigenvalue weighted by Gasteiger charge is -2.13. The zero-order valence-electron chi connectivity index (χ0n) is 9.34. The van der Waals surface area contributed by atoms with Crippen LogP contribution in [-0.4, -0.2) is 53.7 Å². The topological polar surface area (TPSA) is 114 Å². The van der Waals surface area contributed by atoms with Crippen molar-refractivity contribution in [1.29, 1.82) is 0 Å². The van der Waals surface area contributed by atoms with Crippen LogP contribution in [-0.2, 0) is 4.74 Å². The second-order valence-corrected chi connectivity index (χ2v) is 4.14. The van der Waals surface area contributed by atoms with Crippen LogP contribution < -0.4 is 0 Å². The van der Waals surface area contributed by atoms with Gasteiger partial charge in [0.05, 0.1) is 19.0 Å².